The van der Waals surface area contributed by atoms with E-state index in [0.717, 1.165) is 11.3 Å². The monoisotopic (exact) mass is 179 g/mol. The summed E-state index contributed by atoms with van der Waals surface area (Å²) in [7, 11) is 1.56. The van der Waals surface area contributed by atoms with Crippen LogP contribution in [0.5, 0.6) is 0 Å². The zero-order valence-electron chi connectivity index (χ0n) is 7.74. The second kappa shape index (κ2) is 4.00. The molecule has 0 bridgehead atoms. The van der Waals surface area contributed by atoms with Crippen molar-refractivity contribution in [1.29, 1.82) is 0 Å². The lowest BCUT2D eigenvalue weighted by Gasteiger charge is -2.09. The van der Waals surface area contributed by atoms with Crippen LogP contribution < -0.4 is 11.1 Å². The van der Waals surface area contributed by atoms with Gasteiger partial charge in [0.15, 0.2) is 0 Å². The number of nitrogens with zero attached hydrogens (tertiary/aromatic N) is 1. The van der Waals surface area contributed by atoms with E-state index in [-0.39, 0.29) is 5.91 Å². The molecule has 1 atom stereocenters. The zero-order valence-corrected chi connectivity index (χ0v) is 7.74. The van der Waals surface area contributed by atoms with E-state index < -0.39 is 6.04 Å². The van der Waals surface area contributed by atoms with Crippen molar-refractivity contribution >= 4 is 5.91 Å². The van der Waals surface area contributed by atoms with Gasteiger partial charge in [-0.25, -0.2) is 0 Å². The molecule has 1 heterocycles. The third kappa shape index (κ3) is 2.26. The van der Waals surface area contributed by atoms with Crippen LogP contribution in [0, 0.1) is 6.92 Å². The second-order valence-electron chi connectivity index (χ2n) is 2.82. The normalized spacial score (nSPS) is 12.2. The number of hydrogen-bond acceptors (Lipinski definition) is 3. The number of pyridine rings is 1. The van der Waals surface area contributed by atoms with Gasteiger partial charge in [-0.3, -0.25) is 9.78 Å². The Morgan fingerprint density at radius 3 is 2.77 bits per heavy atom. The second-order valence-corrected chi connectivity index (χ2v) is 2.82. The van der Waals surface area contributed by atoms with Crippen LogP contribution in [0.25, 0.3) is 0 Å². The van der Waals surface area contributed by atoms with Crippen molar-refractivity contribution in [2.24, 2.45) is 5.73 Å². The predicted molar refractivity (Wildman–Crippen MR) is 50.0 cm³/mol. The fraction of sp³-hybridized carbons (Fsp3) is 0.333. The highest BCUT2D eigenvalue weighted by molar-refractivity contribution is 5.82. The summed E-state index contributed by atoms with van der Waals surface area (Å²) in [4.78, 5) is 15.2. The Morgan fingerprint density at radius 1 is 1.62 bits per heavy atom. The van der Waals surface area contributed by atoms with E-state index in [1.54, 1.807) is 13.2 Å². The van der Waals surface area contributed by atoms with Crippen molar-refractivity contribution in [3.63, 3.8) is 0 Å². The van der Waals surface area contributed by atoms with Crippen LogP contribution in [0.15, 0.2) is 18.3 Å². The summed E-state index contributed by atoms with van der Waals surface area (Å²) in [6.07, 6.45) is 1.62. The van der Waals surface area contributed by atoms with E-state index in [2.05, 4.69) is 10.3 Å². The topological polar surface area (TPSA) is 68.0 Å². The molecule has 4 nitrogen and oxygen atoms in total. The highest BCUT2D eigenvalue weighted by atomic mass is 16.2. The Bertz CT molecular complexity index is 294. The number of carbonyl (C=O) groups excluding carboxylic acids is 1. The SMILES string of the molecule is CNC(=O)C(N)c1ccc(C)nc1. The first-order valence-electron chi connectivity index (χ1n) is 4.05. The third-order valence-corrected chi connectivity index (χ3v) is 1.82. The maximum absolute atomic E-state index is 11.1. The molecular weight excluding hydrogens is 166 g/mol. The number of nitrogens with two attached hydrogens (primary N) is 1. The number of aromatic nitrogens is 1. The number of carbonyl (C=O) groups is 1. The fourth-order valence-electron chi connectivity index (χ4n) is 0.970. The van der Waals surface area contributed by atoms with Gasteiger partial charge >= 0.3 is 0 Å². The first-order valence-corrected chi connectivity index (χ1v) is 4.05. The molecule has 0 radical (unpaired) electrons. The van der Waals surface area contributed by atoms with Crippen LogP contribution in [0.4, 0.5) is 0 Å². The molecule has 0 aromatic carbocycles. The van der Waals surface area contributed by atoms with Gasteiger partial charge in [0.05, 0.1) is 0 Å². The summed E-state index contributed by atoms with van der Waals surface area (Å²) in [6, 6.07) is 3.01. The van der Waals surface area contributed by atoms with E-state index in [9.17, 15) is 4.79 Å². The van der Waals surface area contributed by atoms with Crippen LogP contribution in [0.3, 0.4) is 0 Å². The maximum Gasteiger partial charge on any atom is 0.241 e. The van der Waals surface area contributed by atoms with Crippen LogP contribution >= 0.6 is 0 Å². The number of hydrogen-bond donors (Lipinski definition) is 2. The summed E-state index contributed by atoms with van der Waals surface area (Å²) in [5.41, 5.74) is 7.28. The summed E-state index contributed by atoms with van der Waals surface area (Å²) in [5.74, 6) is -0.203. The molecule has 3 N–H and O–H groups in total. The largest absolute Gasteiger partial charge is 0.358 e. The Morgan fingerprint density at radius 2 is 2.31 bits per heavy atom. The number of likely N-dealkylation sites (N-methyl/N-ethyl adjacent to an activating group) is 1. The van der Waals surface area contributed by atoms with E-state index in [1.165, 1.54) is 0 Å². The maximum atomic E-state index is 11.1. The fourth-order valence-corrected chi connectivity index (χ4v) is 0.970. The van der Waals surface area contributed by atoms with Crippen molar-refractivity contribution in [2.75, 3.05) is 7.05 Å². The van der Waals surface area contributed by atoms with E-state index in [4.69, 9.17) is 5.73 Å². The van der Waals surface area contributed by atoms with Crippen LogP contribution in [0.2, 0.25) is 0 Å². The predicted octanol–water partition coefficient (Wildman–Crippen LogP) is 0.136. The van der Waals surface area contributed by atoms with Gasteiger partial charge in [-0.15, -0.1) is 0 Å². The number of aryl methyl sites for hydroxylation is 1. The lowest BCUT2D eigenvalue weighted by Crippen LogP contribution is -2.31. The molecule has 70 valence electrons. The van der Waals surface area contributed by atoms with Crippen molar-refractivity contribution < 1.29 is 4.79 Å². The number of nitrogens with one attached hydrogen (secondary N) is 1. The molecule has 1 aromatic rings. The Balaban J connectivity index is 2.83. The lowest BCUT2D eigenvalue weighted by atomic mass is 10.1. The van der Waals surface area contributed by atoms with Gasteiger partial charge in [0, 0.05) is 18.9 Å². The average Bonchev–Trinajstić information content (AvgIpc) is 2.17. The summed E-state index contributed by atoms with van der Waals surface area (Å²) >= 11 is 0. The molecular formula is C9H13N3O. The summed E-state index contributed by atoms with van der Waals surface area (Å²) in [5, 5.41) is 2.49. The molecule has 1 rings (SSSR count). The zero-order chi connectivity index (χ0) is 9.84. The van der Waals surface area contributed by atoms with Gasteiger partial charge in [-0.2, -0.15) is 0 Å². The Kier molecular flexibility index (Phi) is 2.97. The molecule has 0 aliphatic heterocycles. The minimum absolute atomic E-state index is 0.203. The molecule has 13 heavy (non-hydrogen) atoms. The molecule has 0 spiro atoms. The van der Waals surface area contributed by atoms with E-state index >= 15 is 0 Å². The first kappa shape index (κ1) is 9.67. The quantitative estimate of drug-likeness (QED) is 0.678. The smallest absolute Gasteiger partial charge is 0.241 e. The van der Waals surface area contributed by atoms with Gasteiger partial charge < -0.3 is 11.1 Å². The van der Waals surface area contributed by atoms with Gasteiger partial charge in [-0.1, -0.05) is 6.07 Å². The van der Waals surface area contributed by atoms with Gasteiger partial charge in [-0.05, 0) is 18.6 Å². The number of amides is 1. The molecule has 0 aliphatic rings. The molecule has 0 fully saturated rings. The lowest BCUT2D eigenvalue weighted by molar-refractivity contribution is -0.122. The molecule has 1 unspecified atom stereocenters. The highest BCUT2D eigenvalue weighted by Crippen LogP contribution is 2.08. The molecule has 0 saturated carbocycles. The standard InChI is InChI=1S/C9H13N3O/c1-6-3-4-7(5-12-6)8(10)9(13)11-2/h3-5,8H,10H2,1-2H3,(H,11,13). The number of rotatable bonds is 2. The van der Waals surface area contributed by atoms with Crippen molar-refractivity contribution in [3.05, 3.63) is 29.6 Å². The average molecular weight is 179 g/mol. The minimum Gasteiger partial charge on any atom is -0.358 e. The van der Waals surface area contributed by atoms with Gasteiger partial charge in [0.25, 0.3) is 0 Å². The molecule has 4 heteroatoms. The van der Waals surface area contributed by atoms with Crippen LogP contribution in [-0.2, 0) is 4.79 Å². The molecule has 0 saturated heterocycles. The van der Waals surface area contributed by atoms with Crippen molar-refractivity contribution in [3.8, 4) is 0 Å². The van der Waals surface area contributed by atoms with Gasteiger partial charge in [0.1, 0.15) is 6.04 Å². The first-order chi connectivity index (χ1) is 6.15. The summed E-state index contributed by atoms with van der Waals surface area (Å²) < 4.78 is 0. The van der Waals surface area contributed by atoms with Crippen molar-refractivity contribution in [1.82, 2.24) is 10.3 Å². The molecule has 0 aliphatic carbocycles. The van der Waals surface area contributed by atoms with Crippen LogP contribution in [-0.4, -0.2) is 17.9 Å². The van der Waals surface area contributed by atoms with E-state index in [1.807, 2.05) is 19.1 Å². The van der Waals surface area contributed by atoms with E-state index in [0.29, 0.717) is 0 Å². The van der Waals surface area contributed by atoms with Gasteiger partial charge in [0.2, 0.25) is 5.91 Å². The van der Waals surface area contributed by atoms with Crippen LogP contribution in [0.1, 0.15) is 17.3 Å². The Labute approximate surface area is 77.2 Å². The summed E-state index contributed by atoms with van der Waals surface area (Å²) in [6.45, 7) is 1.88. The van der Waals surface area contributed by atoms with Crippen molar-refractivity contribution in [2.45, 2.75) is 13.0 Å². The Hall–Kier alpha value is -1.42. The minimum atomic E-state index is -0.627. The third-order valence-electron chi connectivity index (χ3n) is 1.82. The molecule has 1 aromatic heterocycles. The highest BCUT2D eigenvalue weighted by Gasteiger charge is 2.13. The molecule has 1 amide bonds.